The summed E-state index contributed by atoms with van der Waals surface area (Å²) in [7, 11) is 1.40. The van der Waals surface area contributed by atoms with Gasteiger partial charge in [-0.15, -0.1) is 0 Å². The fourth-order valence-electron chi connectivity index (χ4n) is 3.20. The molecule has 0 spiro atoms. The van der Waals surface area contributed by atoms with Crippen LogP contribution in [0.3, 0.4) is 0 Å². The molecule has 1 aromatic heterocycles. The first kappa shape index (κ1) is 23.4. The van der Waals surface area contributed by atoms with Crippen molar-refractivity contribution in [1.29, 1.82) is 0 Å². The summed E-state index contributed by atoms with van der Waals surface area (Å²) in [6.07, 6.45) is 1.47. The third-order valence-corrected chi connectivity index (χ3v) is 6.06. The van der Waals surface area contributed by atoms with Gasteiger partial charge < -0.3 is 13.9 Å². The highest BCUT2D eigenvalue weighted by Gasteiger charge is 2.35. The molecule has 2 heterocycles. The zero-order valence-corrected chi connectivity index (χ0v) is 19.3. The number of halogens is 1. The van der Waals surface area contributed by atoms with Crippen molar-refractivity contribution >= 4 is 46.3 Å². The number of methoxy groups -OCH3 is 1. The van der Waals surface area contributed by atoms with Gasteiger partial charge in [0.2, 0.25) is 0 Å². The number of nitro groups is 1. The van der Waals surface area contributed by atoms with Crippen LogP contribution in [0.5, 0.6) is 11.5 Å². The summed E-state index contributed by atoms with van der Waals surface area (Å²) in [6, 6.07) is 14.4. The molecule has 3 aromatic rings. The maximum Gasteiger partial charge on any atom is 0.293 e. The zero-order valence-electron chi connectivity index (χ0n) is 17.7. The molecule has 0 aliphatic carbocycles. The van der Waals surface area contributed by atoms with Crippen LogP contribution in [0.2, 0.25) is 5.02 Å². The molecule has 2 aromatic carbocycles. The van der Waals surface area contributed by atoms with E-state index >= 15 is 0 Å². The van der Waals surface area contributed by atoms with E-state index in [1.165, 1.54) is 31.4 Å². The van der Waals surface area contributed by atoms with Crippen LogP contribution in [0.15, 0.2) is 63.9 Å². The number of carbonyl (C=O) groups excluding carboxylic acids is 2. The summed E-state index contributed by atoms with van der Waals surface area (Å²) >= 11 is 6.84. The summed E-state index contributed by atoms with van der Waals surface area (Å²) in [5.74, 6) is 1.02. The van der Waals surface area contributed by atoms with Gasteiger partial charge in [-0.1, -0.05) is 23.7 Å². The molecule has 9 nitrogen and oxygen atoms in total. The SMILES string of the molecule is COc1cc([N+](=O)[O-])ccc1-c1ccc(/C=C2\SC(=O)N(CCOc3ccccc3Cl)C2=O)o1. The molecular formula is C23H17ClN2O7S. The van der Waals surface area contributed by atoms with E-state index in [2.05, 4.69) is 0 Å². The molecule has 0 N–H and O–H groups in total. The van der Waals surface area contributed by atoms with Crippen LogP contribution in [0.25, 0.3) is 17.4 Å². The summed E-state index contributed by atoms with van der Waals surface area (Å²) in [5.41, 5.74) is 0.400. The molecule has 0 atom stereocenters. The molecule has 0 bridgehead atoms. The number of para-hydroxylation sites is 1. The Labute approximate surface area is 203 Å². The topological polar surface area (TPSA) is 112 Å². The molecule has 1 saturated heterocycles. The molecule has 0 radical (unpaired) electrons. The second-order valence-electron chi connectivity index (χ2n) is 6.96. The molecule has 4 rings (SSSR count). The number of amides is 2. The Hall–Kier alpha value is -3.76. The number of hydrogen-bond acceptors (Lipinski definition) is 8. The van der Waals surface area contributed by atoms with Crippen molar-refractivity contribution in [3.63, 3.8) is 0 Å². The van der Waals surface area contributed by atoms with Crippen molar-refractivity contribution in [2.45, 2.75) is 0 Å². The highest BCUT2D eigenvalue weighted by molar-refractivity contribution is 8.18. The standard InChI is InChI=1S/C23H17ClN2O7S/c1-31-20-12-14(26(29)30)6-8-16(20)18-9-7-15(33-18)13-21-22(27)25(23(28)34-21)10-11-32-19-5-3-2-4-17(19)24/h2-9,12-13H,10-11H2,1H3/b21-13-. The Bertz CT molecular complexity index is 1300. The van der Waals surface area contributed by atoms with Gasteiger partial charge in [0.15, 0.2) is 0 Å². The second-order valence-corrected chi connectivity index (χ2v) is 8.36. The molecule has 34 heavy (non-hydrogen) atoms. The van der Waals surface area contributed by atoms with Gasteiger partial charge >= 0.3 is 0 Å². The fraction of sp³-hybridized carbons (Fsp3) is 0.130. The van der Waals surface area contributed by atoms with Crippen LogP contribution in [-0.4, -0.2) is 41.2 Å². The third kappa shape index (κ3) is 4.92. The van der Waals surface area contributed by atoms with Crippen LogP contribution < -0.4 is 9.47 Å². The zero-order chi connectivity index (χ0) is 24.2. The average molecular weight is 501 g/mol. The number of furan rings is 1. The van der Waals surface area contributed by atoms with Gasteiger partial charge in [-0.2, -0.15) is 0 Å². The Morgan fingerprint density at radius 3 is 2.68 bits per heavy atom. The molecule has 11 heteroatoms. The summed E-state index contributed by atoms with van der Waals surface area (Å²) in [6.45, 7) is 0.163. The van der Waals surface area contributed by atoms with Gasteiger partial charge in [0.25, 0.3) is 16.8 Å². The van der Waals surface area contributed by atoms with Crippen LogP contribution >= 0.6 is 23.4 Å². The first-order chi connectivity index (χ1) is 16.4. The number of nitrogens with zero attached hydrogens (tertiary/aromatic N) is 2. The molecule has 1 aliphatic heterocycles. The lowest BCUT2D eigenvalue weighted by molar-refractivity contribution is -0.384. The highest BCUT2D eigenvalue weighted by atomic mass is 35.5. The van der Waals surface area contributed by atoms with Crippen molar-refractivity contribution in [2.75, 3.05) is 20.3 Å². The van der Waals surface area contributed by atoms with E-state index in [1.807, 2.05) is 0 Å². The monoisotopic (exact) mass is 500 g/mol. The van der Waals surface area contributed by atoms with E-state index < -0.39 is 16.1 Å². The number of benzene rings is 2. The summed E-state index contributed by atoms with van der Waals surface area (Å²) in [4.78, 5) is 36.8. The first-order valence-electron chi connectivity index (χ1n) is 9.92. The largest absolute Gasteiger partial charge is 0.496 e. The number of thioether (sulfide) groups is 1. The Morgan fingerprint density at radius 2 is 1.94 bits per heavy atom. The molecule has 1 fully saturated rings. The number of ether oxygens (including phenoxy) is 2. The maximum atomic E-state index is 12.7. The van der Waals surface area contributed by atoms with Gasteiger partial charge in [-0.3, -0.25) is 24.6 Å². The van der Waals surface area contributed by atoms with Crippen molar-refractivity contribution in [1.82, 2.24) is 4.90 Å². The van der Waals surface area contributed by atoms with E-state index in [0.29, 0.717) is 27.9 Å². The maximum absolute atomic E-state index is 12.7. The molecule has 174 valence electrons. The predicted molar refractivity (Wildman–Crippen MR) is 127 cm³/mol. The number of nitro benzene ring substituents is 1. The Morgan fingerprint density at radius 1 is 1.15 bits per heavy atom. The van der Waals surface area contributed by atoms with E-state index in [9.17, 15) is 19.7 Å². The molecule has 2 amide bonds. The smallest absolute Gasteiger partial charge is 0.293 e. The van der Waals surface area contributed by atoms with E-state index in [1.54, 1.807) is 36.4 Å². The minimum atomic E-state index is -0.518. The lowest BCUT2D eigenvalue weighted by Gasteiger charge is -2.13. The third-order valence-electron chi connectivity index (χ3n) is 4.84. The first-order valence-corrected chi connectivity index (χ1v) is 11.1. The van der Waals surface area contributed by atoms with Gasteiger partial charge in [-0.25, -0.2) is 0 Å². The quantitative estimate of drug-likeness (QED) is 0.222. The highest BCUT2D eigenvalue weighted by Crippen LogP contribution is 2.36. The lowest BCUT2D eigenvalue weighted by Crippen LogP contribution is -2.32. The summed E-state index contributed by atoms with van der Waals surface area (Å²) < 4.78 is 16.6. The van der Waals surface area contributed by atoms with Crippen molar-refractivity contribution in [3.8, 4) is 22.8 Å². The van der Waals surface area contributed by atoms with Gasteiger partial charge in [0, 0.05) is 12.1 Å². The van der Waals surface area contributed by atoms with Crippen LogP contribution in [0.1, 0.15) is 5.76 Å². The minimum Gasteiger partial charge on any atom is -0.496 e. The van der Waals surface area contributed by atoms with Crippen molar-refractivity contribution in [3.05, 3.63) is 80.4 Å². The van der Waals surface area contributed by atoms with Crippen molar-refractivity contribution < 1.29 is 28.4 Å². The number of carbonyl (C=O) groups is 2. The van der Waals surface area contributed by atoms with Crippen LogP contribution in [0, 0.1) is 10.1 Å². The van der Waals surface area contributed by atoms with Gasteiger partial charge in [-0.05, 0) is 42.1 Å². The number of imide groups is 1. The second kappa shape index (κ2) is 10.0. The van der Waals surface area contributed by atoms with E-state index in [0.717, 1.165) is 16.7 Å². The fourth-order valence-corrected chi connectivity index (χ4v) is 4.24. The molecule has 1 aliphatic rings. The van der Waals surface area contributed by atoms with Gasteiger partial charge in [0.1, 0.15) is 29.6 Å². The molecule has 0 unspecified atom stereocenters. The van der Waals surface area contributed by atoms with Crippen LogP contribution in [0.4, 0.5) is 10.5 Å². The number of non-ortho nitro benzene ring substituents is 1. The van der Waals surface area contributed by atoms with Crippen molar-refractivity contribution in [2.24, 2.45) is 0 Å². The predicted octanol–water partition coefficient (Wildman–Crippen LogP) is 5.63. The number of hydrogen-bond donors (Lipinski definition) is 0. The molecular weight excluding hydrogens is 484 g/mol. The lowest BCUT2D eigenvalue weighted by atomic mass is 10.1. The molecule has 0 saturated carbocycles. The Kier molecular flexibility index (Phi) is 6.90. The normalized spacial score (nSPS) is 14.6. The minimum absolute atomic E-state index is 0.0661. The summed E-state index contributed by atoms with van der Waals surface area (Å²) in [5, 5.41) is 11.0. The van der Waals surface area contributed by atoms with E-state index in [-0.39, 0.29) is 29.5 Å². The average Bonchev–Trinajstić information content (AvgIpc) is 3.39. The number of rotatable bonds is 8. The van der Waals surface area contributed by atoms with Crippen LogP contribution in [-0.2, 0) is 4.79 Å². The Balaban J connectivity index is 1.46. The van der Waals surface area contributed by atoms with E-state index in [4.69, 9.17) is 25.5 Å². The van der Waals surface area contributed by atoms with Gasteiger partial charge in [0.05, 0.1) is 40.1 Å².